The molecule has 0 aromatic rings. The van der Waals surface area contributed by atoms with E-state index in [-0.39, 0.29) is 5.90 Å². The van der Waals surface area contributed by atoms with Crippen molar-refractivity contribution < 1.29 is 5.11 Å². The molecule has 1 aliphatic rings. The van der Waals surface area contributed by atoms with Crippen LogP contribution in [0.5, 0.6) is 0 Å². The van der Waals surface area contributed by atoms with Crippen LogP contribution in [0, 0.1) is 0 Å². The maximum atomic E-state index is 10.3. The normalized spacial score (nSPS) is 15.4. The number of allylic oxidation sites excluding steroid dienone is 1. The monoisotopic (exact) mass is 354 g/mol. The molecule has 0 aliphatic carbocycles. The Labute approximate surface area is 153 Å². The summed E-state index contributed by atoms with van der Waals surface area (Å²) in [5.74, 6) is 0.155. The van der Waals surface area contributed by atoms with Crippen LogP contribution in [0.2, 0.25) is 0 Å². The van der Waals surface area contributed by atoms with Gasteiger partial charge in [0.2, 0.25) is 5.90 Å². The van der Waals surface area contributed by atoms with Gasteiger partial charge in [0.05, 0.1) is 0 Å². The Morgan fingerprint density at radius 2 is 1.36 bits per heavy atom. The van der Waals surface area contributed by atoms with Crippen molar-refractivity contribution in [2.24, 2.45) is 5.10 Å². The van der Waals surface area contributed by atoms with E-state index in [0.717, 1.165) is 63.9 Å². The van der Waals surface area contributed by atoms with E-state index in [9.17, 15) is 5.11 Å². The smallest absolute Gasteiger partial charge is 0.235 e. The van der Waals surface area contributed by atoms with E-state index >= 15 is 0 Å². The maximum absolute atomic E-state index is 10.3. The second-order valence-corrected chi connectivity index (χ2v) is 7.58. The lowest BCUT2D eigenvalue weighted by Gasteiger charge is -2.32. The number of hydrogen-bond acceptors (Lipinski definition) is 6. The Morgan fingerprint density at radius 1 is 0.840 bits per heavy atom. The standard InChI is InChI=1S/C18H38N6O/c1-21(2)12-7-10-16-17(11-8-13-22(3)4)24(20-19-18(16)25)15-9-14-23(5)6/h20H,7-15H2,1-6H3,(H,19,25). The number of hydrazine groups is 1. The van der Waals surface area contributed by atoms with Crippen LogP contribution in [0.3, 0.4) is 0 Å². The summed E-state index contributed by atoms with van der Waals surface area (Å²) < 4.78 is 0. The highest BCUT2D eigenvalue weighted by atomic mass is 16.3. The zero-order valence-electron chi connectivity index (χ0n) is 17.0. The first-order valence-corrected chi connectivity index (χ1v) is 9.27. The molecule has 146 valence electrons. The molecule has 7 nitrogen and oxygen atoms in total. The molecule has 0 atom stereocenters. The van der Waals surface area contributed by atoms with Crippen LogP contribution in [0.1, 0.15) is 32.1 Å². The van der Waals surface area contributed by atoms with E-state index in [4.69, 9.17) is 0 Å². The second kappa shape index (κ2) is 11.3. The summed E-state index contributed by atoms with van der Waals surface area (Å²) in [6.07, 6.45) is 4.95. The number of rotatable bonds is 12. The van der Waals surface area contributed by atoms with Crippen molar-refractivity contribution in [1.82, 2.24) is 25.2 Å². The molecule has 0 amide bonds. The average Bonchev–Trinajstić information content (AvgIpc) is 2.50. The zero-order valence-corrected chi connectivity index (χ0v) is 17.0. The van der Waals surface area contributed by atoms with Crippen LogP contribution in [0.15, 0.2) is 16.4 Å². The van der Waals surface area contributed by atoms with Crippen molar-refractivity contribution >= 4 is 5.90 Å². The number of hydrazone groups is 1. The van der Waals surface area contributed by atoms with E-state index in [0.29, 0.717) is 0 Å². The molecule has 7 heteroatoms. The Balaban J connectivity index is 2.81. The highest BCUT2D eigenvalue weighted by molar-refractivity contribution is 5.92. The SMILES string of the molecule is CN(C)CCCC1=C(CCCN(C)C)N(CCCN(C)C)NN=C1O. The van der Waals surface area contributed by atoms with E-state index in [1.807, 2.05) is 0 Å². The molecule has 0 fully saturated rings. The number of aliphatic hydroxyl groups is 1. The van der Waals surface area contributed by atoms with Gasteiger partial charge in [0.1, 0.15) is 0 Å². The fourth-order valence-corrected chi connectivity index (χ4v) is 2.93. The molecule has 1 heterocycles. The summed E-state index contributed by atoms with van der Waals surface area (Å²) in [5.41, 5.74) is 5.24. The molecule has 1 rings (SSSR count). The quantitative estimate of drug-likeness (QED) is 0.555. The van der Waals surface area contributed by atoms with Crippen LogP contribution in [-0.2, 0) is 0 Å². The number of hydrogen-bond donors (Lipinski definition) is 2. The number of nitrogens with zero attached hydrogens (tertiary/aromatic N) is 5. The van der Waals surface area contributed by atoms with Gasteiger partial charge in [-0.2, -0.15) is 0 Å². The van der Waals surface area contributed by atoms with Gasteiger partial charge >= 0.3 is 0 Å². The molecular weight excluding hydrogens is 316 g/mol. The van der Waals surface area contributed by atoms with E-state index < -0.39 is 0 Å². The van der Waals surface area contributed by atoms with Gasteiger partial charge in [-0.15, -0.1) is 5.10 Å². The third-order valence-electron chi connectivity index (χ3n) is 4.26. The third-order valence-corrected chi connectivity index (χ3v) is 4.26. The Hall–Kier alpha value is -1.31. The first kappa shape index (κ1) is 21.7. The van der Waals surface area contributed by atoms with Gasteiger partial charge in [0.25, 0.3) is 0 Å². The summed E-state index contributed by atoms with van der Waals surface area (Å²) in [6, 6.07) is 0. The molecule has 0 unspecified atom stereocenters. The van der Waals surface area contributed by atoms with Crippen molar-refractivity contribution in [1.29, 1.82) is 0 Å². The van der Waals surface area contributed by atoms with Gasteiger partial charge in [0, 0.05) is 17.8 Å². The van der Waals surface area contributed by atoms with E-state index in [2.05, 4.69) is 72.6 Å². The molecule has 0 spiro atoms. The summed E-state index contributed by atoms with van der Waals surface area (Å²) in [6.45, 7) is 3.98. The van der Waals surface area contributed by atoms with Crippen LogP contribution in [0.25, 0.3) is 0 Å². The second-order valence-electron chi connectivity index (χ2n) is 7.58. The molecule has 0 aromatic carbocycles. The molecule has 0 radical (unpaired) electrons. The largest absolute Gasteiger partial charge is 0.492 e. The Bertz CT molecular complexity index is 445. The molecular formula is C18H38N6O. The lowest BCUT2D eigenvalue weighted by Crippen LogP contribution is -2.41. The predicted octanol–water partition coefficient (Wildman–Crippen LogP) is 1.57. The van der Waals surface area contributed by atoms with Gasteiger partial charge in [-0.1, -0.05) is 0 Å². The van der Waals surface area contributed by atoms with Crippen molar-refractivity contribution in [2.45, 2.75) is 32.1 Å². The molecule has 1 aliphatic heterocycles. The lowest BCUT2D eigenvalue weighted by atomic mass is 10.0. The summed E-state index contributed by atoms with van der Waals surface area (Å²) in [4.78, 5) is 6.57. The maximum Gasteiger partial charge on any atom is 0.235 e. The van der Waals surface area contributed by atoms with Crippen molar-refractivity contribution in [3.8, 4) is 0 Å². The lowest BCUT2D eigenvalue weighted by molar-refractivity contribution is 0.212. The minimum absolute atomic E-state index is 0.155. The minimum atomic E-state index is 0.155. The van der Waals surface area contributed by atoms with Crippen LogP contribution in [0.4, 0.5) is 0 Å². The van der Waals surface area contributed by atoms with Gasteiger partial charge in [-0.3, -0.25) is 5.01 Å². The average molecular weight is 355 g/mol. The fraction of sp³-hybridized carbons (Fsp3) is 0.833. The zero-order chi connectivity index (χ0) is 18.8. The molecule has 2 N–H and O–H groups in total. The van der Waals surface area contributed by atoms with Crippen LogP contribution < -0.4 is 5.53 Å². The predicted molar refractivity (Wildman–Crippen MR) is 106 cm³/mol. The van der Waals surface area contributed by atoms with Crippen molar-refractivity contribution in [3.63, 3.8) is 0 Å². The fourth-order valence-electron chi connectivity index (χ4n) is 2.93. The summed E-state index contributed by atoms with van der Waals surface area (Å²) in [5, 5.41) is 16.6. The Kier molecular flexibility index (Phi) is 9.85. The molecule has 0 aromatic heterocycles. The highest BCUT2D eigenvalue weighted by Crippen LogP contribution is 2.23. The van der Waals surface area contributed by atoms with Crippen LogP contribution >= 0.6 is 0 Å². The first-order chi connectivity index (χ1) is 11.8. The molecule has 0 saturated heterocycles. The van der Waals surface area contributed by atoms with Gasteiger partial charge in [-0.25, -0.2) is 5.53 Å². The highest BCUT2D eigenvalue weighted by Gasteiger charge is 2.22. The van der Waals surface area contributed by atoms with Crippen molar-refractivity contribution in [2.75, 3.05) is 68.5 Å². The van der Waals surface area contributed by atoms with Gasteiger partial charge < -0.3 is 19.8 Å². The first-order valence-electron chi connectivity index (χ1n) is 9.27. The molecule has 0 bridgehead atoms. The minimum Gasteiger partial charge on any atom is -0.492 e. The molecule has 25 heavy (non-hydrogen) atoms. The number of nitrogens with one attached hydrogen (secondary N) is 1. The van der Waals surface area contributed by atoms with Gasteiger partial charge in [-0.05, 0) is 94.0 Å². The van der Waals surface area contributed by atoms with Gasteiger partial charge in [0.15, 0.2) is 0 Å². The van der Waals surface area contributed by atoms with E-state index in [1.165, 1.54) is 5.70 Å². The summed E-state index contributed by atoms with van der Waals surface area (Å²) >= 11 is 0. The van der Waals surface area contributed by atoms with Crippen molar-refractivity contribution in [3.05, 3.63) is 11.3 Å². The third kappa shape index (κ3) is 8.56. The molecule has 0 saturated carbocycles. The van der Waals surface area contributed by atoms with E-state index in [1.54, 1.807) is 0 Å². The Morgan fingerprint density at radius 3 is 1.92 bits per heavy atom. The summed E-state index contributed by atoms with van der Waals surface area (Å²) in [7, 11) is 12.5. The van der Waals surface area contributed by atoms with Crippen LogP contribution in [-0.4, -0.2) is 99.2 Å². The topological polar surface area (TPSA) is 57.6 Å². The number of aliphatic hydroxyl groups excluding tert-OH is 1.